The molecule has 0 unspecified atom stereocenters. The van der Waals surface area contributed by atoms with Crippen LogP contribution in [0.2, 0.25) is 0 Å². The van der Waals surface area contributed by atoms with Crippen LogP contribution in [-0.4, -0.2) is 35.5 Å². The molecule has 0 aliphatic heterocycles. The van der Waals surface area contributed by atoms with Gasteiger partial charge in [0.05, 0.1) is 6.42 Å². The Morgan fingerprint density at radius 1 is 0.938 bits per heavy atom. The first-order chi connectivity index (χ1) is 15.5. The first-order valence-electron chi connectivity index (χ1n) is 10.5. The third kappa shape index (κ3) is 7.13. The second-order valence-electron chi connectivity index (χ2n) is 7.53. The van der Waals surface area contributed by atoms with E-state index in [0.717, 1.165) is 23.6 Å². The minimum Gasteiger partial charge on any atom is -0.489 e. The van der Waals surface area contributed by atoms with Gasteiger partial charge < -0.3 is 14.7 Å². The van der Waals surface area contributed by atoms with Gasteiger partial charge in [-0.05, 0) is 46.9 Å². The minimum atomic E-state index is -1.04. The Morgan fingerprint density at radius 2 is 1.59 bits per heavy atom. The number of carbonyl (C=O) groups excluding carboxylic acids is 1. The first-order valence-corrected chi connectivity index (χ1v) is 10.5. The summed E-state index contributed by atoms with van der Waals surface area (Å²) in [6, 6.07) is 25.2. The van der Waals surface area contributed by atoms with E-state index in [2.05, 4.69) is 0 Å². The van der Waals surface area contributed by atoms with E-state index in [-0.39, 0.29) is 12.3 Å². The van der Waals surface area contributed by atoms with Crippen LogP contribution >= 0.6 is 0 Å². The number of amides is 1. The van der Waals surface area contributed by atoms with Crippen molar-refractivity contribution in [2.75, 3.05) is 13.6 Å². The Balaban J connectivity index is 1.70. The maximum atomic E-state index is 12.9. The van der Waals surface area contributed by atoms with Crippen LogP contribution in [0.5, 0.6) is 5.75 Å². The van der Waals surface area contributed by atoms with Crippen LogP contribution in [0, 0.1) is 0 Å². The number of carbonyl (C=O) groups is 2. The summed E-state index contributed by atoms with van der Waals surface area (Å²) in [5, 5.41) is 8.99. The van der Waals surface area contributed by atoms with Gasteiger partial charge >= 0.3 is 5.97 Å². The predicted molar refractivity (Wildman–Crippen MR) is 125 cm³/mol. The van der Waals surface area contributed by atoms with Crippen LogP contribution in [0.4, 0.5) is 0 Å². The summed E-state index contributed by atoms with van der Waals surface area (Å²) in [6.07, 6.45) is 3.52. The molecular formula is C27H27NO4. The van der Waals surface area contributed by atoms with Crippen molar-refractivity contribution < 1.29 is 19.4 Å². The summed E-state index contributed by atoms with van der Waals surface area (Å²) in [7, 11) is 1.79. The van der Waals surface area contributed by atoms with Gasteiger partial charge in [-0.25, -0.2) is 4.79 Å². The van der Waals surface area contributed by atoms with Crippen molar-refractivity contribution in [3.05, 3.63) is 107 Å². The fourth-order valence-corrected chi connectivity index (χ4v) is 3.25. The maximum Gasteiger partial charge on any atom is 0.328 e. The van der Waals surface area contributed by atoms with Gasteiger partial charge in [-0.15, -0.1) is 0 Å². The number of hydrogen-bond donors (Lipinski definition) is 1. The van der Waals surface area contributed by atoms with Crippen LogP contribution < -0.4 is 4.74 Å². The van der Waals surface area contributed by atoms with E-state index in [0.29, 0.717) is 24.5 Å². The number of carboxylic acid groups (broad SMARTS) is 1. The lowest BCUT2D eigenvalue weighted by Gasteiger charge is -2.18. The van der Waals surface area contributed by atoms with Crippen molar-refractivity contribution in [2.45, 2.75) is 19.4 Å². The van der Waals surface area contributed by atoms with Gasteiger partial charge in [0.2, 0.25) is 5.91 Å². The van der Waals surface area contributed by atoms with Crippen molar-refractivity contribution >= 4 is 18.0 Å². The fraction of sp³-hybridized carbons (Fsp3) is 0.185. The molecule has 0 spiro atoms. The molecular weight excluding hydrogens is 402 g/mol. The molecule has 3 aromatic rings. The van der Waals surface area contributed by atoms with Crippen LogP contribution in [0.15, 0.2) is 84.9 Å². The van der Waals surface area contributed by atoms with Crippen LogP contribution in [-0.2, 0) is 29.0 Å². The molecule has 0 saturated carbocycles. The van der Waals surface area contributed by atoms with E-state index < -0.39 is 5.97 Å². The number of rotatable bonds is 10. The molecule has 5 heteroatoms. The highest BCUT2D eigenvalue weighted by atomic mass is 16.5. The Bertz CT molecular complexity index is 1060. The van der Waals surface area contributed by atoms with E-state index in [1.165, 1.54) is 11.6 Å². The van der Waals surface area contributed by atoms with Gasteiger partial charge in [-0.3, -0.25) is 4.79 Å². The molecule has 0 radical (unpaired) electrons. The number of hydrogen-bond acceptors (Lipinski definition) is 3. The van der Waals surface area contributed by atoms with Gasteiger partial charge in [0.1, 0.15) is 12.4 Å². The van der Waals surface area contributed by atoms with Crippen molar-refractivity contribution in [1.29, 1.82) is 0 Å². The number of nitrogens with zero attached hydrogens (tertiary/aromatic N) is 1. The van der Waals surface area contributed by atoms with E-state index in [1.54, 1.807) is 24.1 Å². The van der Waals surface area contributed by atoms with Gasteiger partial charge in [-0.1, -0.05) is 66.7 Å². The van der Waals surface area contributed by atoms with Crippen molar-refractivity contribution in [3.63, 3.8) is 0 Å². The Labute approximate surface area is 188 Å². The molecule has 32 heavy (non-hydrogen) atoms. The number of likely N-dealkylation sites (N-methyl/N-ethyl adjacent to an activating group) is 1. The summed E-state index contributed by atoms with van der Waals surface area (Å²) in [6.45, 7) is 1.02. The molecule has 0 bridgehead atoms. The summed E-state index contributed by atoms with van der Waals surface area (Å²) in [5.41, 5.74) is 3.63. The number of ether oxygens (including phenoxy) is 1. The topological polar surface area (TPSA) is 66.8 Å². The summed E-state index contributed by atoms with van der Waals surface area (Å²) < 4.78 is 5.90. The molecule has 5 nitrogen and oxygen atoms in total. The van der Waals surface area contributed by atoms with Crippen LogP contribution in [0.1, 0.15) is 22.3 Å². The third-order valence-corrected chi connectivity index (χ3v) is 5.11. The SMILES string of the molecule is CN(CCc1ccccc1)C(=O)Cc1cc(OCc2ccccc2)ccc1C=CC(=O)O. The number of aliphatic carboxylic acids is 1. The number of carboxylic acids is 1. The number of benzene rings is 3. The standard InChI is InChI=1S/C27H27NO4/c1-28(17-16-21-8-4-2-5-9-21)26(29)19-24-18-25(14-12-23(24)13-15-27(30)31)32-20-22-10-6-3-7-11-22/h2-15,18H,16-17,19-20H2,1H3,(H,30,31). The molecule has 3 rings (SSSR count). The largest absolute Gasteiger partial charge is 0.489 e. The molecule has 164 valence electrons. The summed E-state index contributed by atoms with van der Waals surface area (Å²) in [4.78, 5) is 25.5. The van der Waals surface area contributed by atoms with E-state index in [4.69, 9.17) is 9.84 Å². The smallest absolute Gasteiger partial charge is 0.328 e. The summed E-state index contributed by atoms with van der Waals surface area (Å²) >= 11 is 0. The molecule has 3 aromatic carbocycles. The molecule has 0 fully saturated rings. The van der Waals surface area contributed by atoms with Gasteiger partial charge in [0, 0.05) is 19.7 Å². The van der Waals surface area contributed by atoms with Crippen LogP contribution in [0.3, 0.4) is 0 Å². The molecule has 0 aliphatic rings. The molecule has 0 heterocycles. The van der Waals surface area contributed by atoms with Gasteiger partial charge in [-0.2, -0.15) is 0 Å². The second-order valence-corrected chi connectivity index (χ2v) is 7.53. The highest BCUT2D eigenvalue weighted by molar-refractivity contribution is 5.86. The van der Waals surface area contributed by atoms with Crippen molar-refractivity contribution in [2.24, 2.45) is 0 Å². The van der Waals surface area contributed by atoms with Gasteiger partial charge in [0.25, 0.3) is 0 Å². The zero-order valence-electron chi connectivity index (χ0n) is 18.1. The average Bonchev–Trinajstić information content (AvgIpc) is 2.81. The lowest BCUT2D eigenvalue weighted by molar-refractivity contribution is -0.131. The highest BCUT2D eigenvalue weighted by Crippen LogP contribution is 2.22. The molecule has 1 N–H and O–H groups in total. The Hall–Kier alpha value is -3.86. The average molecular weight is 430 g/mol. The maximum absolute atomic E-state index is 12.9. The second kappa shape index (κ2) is 11.5. The van der Waals surface area contributed by atoms with Gasteiger partial charge in [0.15, 0.2) is 0 Å². The van der Waals surface area contributed by atoms with E-state index in [1.807, 2.05) is 66.7 Å². The molecule has 1 amide bonds. The third-order valence-electron chi connectivity index (χ3n) is 5.11. The lowest BCUT2D eigenvalue weighted by Crippen LogP contribution is -2.30. The molecule has 0 aliphatic carbocycles. The molecule has 0 saturated heterocycles. The summed E-state index contributed by atoms with van der Waals surface area (Å²) in [5.74, 6) is -0.436. The Kier molecular flexibility index (Phi) is 8.21. The van der Waals surface area contributed by atoms with Crippen LogP contribution in [0.25, 0.3) is 6.08 Å². The fourth-order valence-electron chi connectivity index (χ4n) is 3.25. The molecule has 0 atom stereocenters. The lowest BCUT2D eigenvalue weighted by atomic mass is 10.0. The van der Waals surface area contributed by atoms with E-state index >= 15 is 0 Å². The van der Waals surface area contributed by atoms with Crippen molar-refractivity contribution in [1.82, 2.24) is 4.90 Å². The normalized spacial score (nSPS) is 10.8. The predicted octanol–water partition coefficient (Wildman–Crippen LogP) is 4.61. The quantitative estimate of drug-likeness (QED) is 0.478. The Morgan fingerprint density at radius 3 is 2.25 bits per heavy atom. The van der Waals surface area contributed by atoms with E-state index in [9.17, 15) is 9.59 Å². The molecule has 0 aromatic heterocycles. The van der Waals surface area contributed by atoms with Crippen molar-refractivity contribution in [3.8, 4) is 5.75 Å². The zero-order valence-corrected chi connectivity index (χ0v) is 18.1. The first kappa shape index (κ1) is 22.8. The zero-order chi connectivity index (χ0) is 22.8. The minimum absolute atomic E-state index is 0.0360. The monoisotopic (exact) mass is 429 g/mol. The highest BCUT2D eigenvalue weighted by Gasteiger charge is 2.13.